The molecule has 2 nitrogen and oxygen atoms in total. The molecular weight excluding hydrogens is 184 g/mol. The van der Waals surface area contributed by atoms with Gasteiger partial charge in [-0.2, -0.15) is 0 Å². The zero-order valence-electron chi connectivity index (χ0n) is 9.20. The second-order valence-electron chi connectivity index (χ2n) is 4.07. The maximum Gasteiger partial charge on any atom is 0.0705 e. The van der Waals surface area contributed by atoms with Gasteiger partial charge < -0.3 is 5.32 Å². The average Bonchev–Trinajstić information content (AvgIpc) is 2.26. The fourth-order valence-corrected chi connectivity index (χ4v) is 1.54. The van der Waals surface area contributed by atoms with Crippen molar-refractivity contribution < 1.29 is 0 Å². The van der Waals surface area contributed by atoms with Gasteiger partial charge in [0.1, 0.15) is 0 Å². The molecule has 15 heavy (non-hydrogen) atoms. The highest BCUT2D eigenvalue weighted by Crippen LogP contribution is 2.12. The first kappa shape index (κ1) is 10.1. The first-order chi connectivity index (χ1) is 7.25. The van der Waals surface area contributed by atoms with Crippen LogP contribution in [0.5, 0.6) is 0 Å². The predicted octanol–water partition coefficient (Wildman–Crippen LogP) is 2.73. The first-order valence-corrected chi connectivity index (χ1v) is 5.33. The van der Waals surface area contributed by atoms with Crippen LogP contribution >= 0.6 is 0 Å². The van der Waals surface area contributed by atoms with Crippen LogP contribution in [0.1, 0.15) is 19.4 Å². The second-order valence-corrected chi connectivity index (χ2v) is 4.07. The number of nitrogens with zero attached hydrogens (tertiary/aromatic N) is 1. The third-order valence-electron chi connectivity index (χ3n) is 2.38. The van der Waals surface area contributed by atoms with Crippen molar-refractivity contribution in [2.75, 3.05) is 0 Å². The van der Waals surface area contributed by atoms with E-state index in [2.05, 4.69) is 48.4 Å². The van der Waals surface area contributed by atoms with Crippen LogP contribution in [0.2, 0.25) is 0 Å². The molecule has 0 radical (unpaired) electrons. The lowest BCUT2D eigenvalue weighted by molar-refractivity contribution is 0.589. The predicted molar refractivity (Wildman–Crippen MR) is 63.7 cm³/mol. The summed E-state index contributed by atoms with van der Waals surface area (Å²) < 4.78 is 0. The lowest BCUT2D eigenvalue weighted by Gasteiger charge is -2.08. The van der Waals surface area contributed by atoms with Crippen LogP contribution in [-0.2, 0) is 6.54 Å². The van der Waals surface area contributed by atoms with Gasteiger partial charge in [0, 0.05) is 24.2 Å². The summed E-state index contributed by atoms with van der Waals surface area (Å²) in [4.78, 5) is 4.34. The highest BCUT2D eigenvalue weighted by Gasteiger charge is 1.97. The van der Waals surface area contributed by atoms with Crippen molar-refractivity contribution in [3.05, 3.63) is 42.1 Å². The number of nitrogens with one attached hydrogen (secondary N) is 1. The van der Waals surface area contributed by atoms with E-state index in [0.29, 0.717) is 6.04 Å². The van der Waals surface area contributed by atoms with E-state index in [1.54, 1.807) is 0 Å². The highest BCUT2D eigenvalue weighted by molar-refractivity contribution is 5.78. The van der Waals surface area contributed by atoms with Gasteiger partial charge in [0.2, 0.25) is 0 Å². The molecule has 0 aliphatic carbocycles. The Morgan fingerprint density at radius 3 is 2.93 bits per heavy atom. The summed E-state index contributed by atoms with van der Waals surface area (Å²) in [5, 5.41) is 4.60. The Hall–Kier alpha value is -1.41. The fourth-order valence-electron chi connectivity index (χ4n) is 1.54. The van der Waals surface area contributed by atoms with E-state index in [1.807, 2.05) is 12.3 Å². The van der Waals surface area contributed by atoms with Crippen LogP contribution < -0.4 is 5.32 Å². The zero-order valence-corrected chi connectivity index (χ0v) is 9.20. The number of pyridine rings is 1. The Kier molecular flexibility index (Phi) is 2.97. The zero-order chi connectivity index (χ0) is 10.7. The van der Waals surface area contributed by atoms with Crippen LogP contribution in [0.4, 0.5) is 0 Å². The molecule has 0 atom stereocenters. The lowest BCUT2D eigenvalue weighted by Crippen LogP contribution is -2.21. The summed E-state index contributed by atoms with van der Waals surface area (Å²) in [5.41, 5.74) is 2.36. The number of rotatable bonds is 3. The van der Waals surface area contributed by atoms with Crippen molar-refractivity contribution in [1.82, 2.24) is 10.3 Å². The summed E-state index contributed by atoms with van der Waals surface area (Å²) in [6.07, 6.45) is 1.84. The minimum atomic E-state index is 0.518. The number of aromatic nitrogens is 1. The van der Waals surface area contributed by atoms with Gasteiger partial charge in [-0.1, -0.05) is 32.0 Å². The van der Waals surface area contributed by atoms with E-state index in [4.69, 9.17) is 0 Å². The molecule has 1 aromatic carbocycles. The minimum absolute atomic E-state index is 0.518. The van der Waals surface area contributed by atoms with Gasteiger partial charge in [-0.15, -0.1) is 0 Å². The van der Waals surface area contributed by atoms with E-state index in [-0.39, 0.29) is 0 Å². The molecule has 0 amide bonds. The number of hydrogen-bond donors (Lipinski definition) is 1. The van der Waals surface area contributed by atoms with Crippen LogP contribution in [0.15, 0.2) is 36.5 Å². The Bertz CT molecular complexity index is 449. The Morgan fingerprint density at radius 2 is 2.13 bits per heavy atom. The summed E-state index contributed by atoms with van der Waals surface area (Å²) in [7, 11) is 0. The summed E-state index contributed by atoms with van der Waals surface area (Å²) in [5.74, 6) is 0. The van der Waals surface area contributed by atoms with E-state index >= 15 is 0 Å². The van der Waals surface area contributed by atoms with Crippen molar-refractivity contribution in [3.8, 4) is 0 Å². The minimum Gasteiger partial charge on any atom is -0.310 e. The van der Waals surface area contributed by atoms with Crippen molar-refractivity contribution >= 4 is 10.9 Å². The molecule has 0 aliphatic rings. The van der Waals surface area contributed by atoms with Gasteiger partial charge in [0.25, 0.3) is 0 Å². The van der Waals surface area contributed by atoms with Crippen LogP contribution in [-0.4, -0.2) is 11.0 Å². The number of benzene rings is 1. The van der Waals surface area contributed by atoms with Gasteiger partial charge in [0.05, 0.1) is 5.52 Å². The van der Waals surface area contributed by atoms with E-state index in [9.17, 15) is 0 Å². The number of fused-ring (bicyclic) bond motifs is 1. The molecule has 1 heterocycles. The van der Waals surface area contributed by atoms with Gasteiger partial charge in [-0.25, -0.2) is 0 Å². The SMILES string of the molecule is CC(C)NCc1ccc2cccnc2c1. The van der Waals surface area contributed by atoms with Crippen molar-refractivity contribution in [2.24, 2.45) is 0 Å². The summed E-state index contributed by atoms with van der Waals surface area (Å²) >= 11 is 0. The monoisotopic (exact) mass is 200 g/mol. The third-order valence-corrected chi connectivity index (χ3v) is 2.38. The van der Waals surface area contributed by atoms with Gasteiger partial charge in [0.15, 0.2) is 0 Å². The second kappa shape index (κ2) is 4.41. The van der Waals surface area contributed by atoms with Crippen LogP contribution in [0.3, 0.4) is 0 Å². The molecule has 0 unspecified atom stereocenters. The Morgan fingerprint density at radius 1 is 1.27 bits per heavy atom. The molecular formula is C13H16N2. The smallest absolute Gasteiger partial charge is 0.0705 e. The van der Waals surface area contributed by atoms with Crippen LogP contribution in [0.25, 0.3) is 10.9 Å². The average molecular weight is 200 g/mol. The molecule has 0 saturated carbocycles. The summed E-state index contributed by atoms with van der Waals surface area (Å²) in [6.45, 7) is 5.21. The standard InChI is InChI=1S/C13H16N2/c1-10(2)15-9-11-5-6-12-4-3-7-14-13(12)8-11/h3-8,10,15H,9H2,1-2H3. The molecule has 2 aromatic rings. The fraction of sp³-hybridized carbons (Fsp3) is 0.308. The van der Waals surface area contributed by atoms with Gasteiger partial charge in [-0.05, 0) is 17.7 Å². The van der Waals surface area contributed by atoms with Gasteiger partial charge >= 0.3 is 0 Å². The van der Waals surface area contributed by atoms with Crippen molar-refractivity contribution in [1.29, 1.82) is 0 Å². The topological polar surface area (TPSA) is 24.9 Å². The molecule has 0 saturated heterocycles. The molecule has 0 spiro atoms. The largest absolute Gasteiger partial charge is 0.310 e. The van der Waals surface area contributed by atoms with Crippen LogP contribution in [0, 0.1) is 0 Å². The molecule has 1 N–H and O–H groups in total. The van der Waals surface area contributed by atoms with Gasteiger partial charge in [-0.3, -0.25) is 4.98 Å². The van der Waals surface area contributed by atoms with E-state index in [0.717, 1.165) is 12.1 Å². The molecule has 0 aliphatic heterocycles. The Labute approximate surface area is 90.3 Å². The van der Waals surface area contributed by atoms with Crippen molar-refractivity contribution in [2.45, 2.75) is 26.4 Å². The maximum atomic E-state index is 4.34. The first-order valence-electron chi connectivity index (χ1n) is 5.33. The third kappa shape index (κ3) is 2.54. The van der Waals surface area contributed by atoms with E-state index in [1.165, 1.54) is 10.9 Å². The molecule has 2 heteroatoms. The molecule has 78 valence electrons. The maximum absolute atomic E-state index is 4.34. The number of hydrogen-bond acceptors (Lipinski definition) is 2. The molecule has 0 bridgehead atoms. The molecule has 2 rings (SSSR count). The lowest BCUT2D eigenvalue weighted by atomic mass is 10.1. The molecule has 1 aromatic heterocycles. The van der Waals surface area contributed by atoms with E-state index < -0.39 is 0 Å². The molecule has 0 fully saturated rings. The van der Waals surface area contributed by atoms with Crippen molar-refractivity contribution in [3.63, 3.8) is 0 Å². The summed E-state index contributed by atoms with van der Waals surface area (Å²) in [6, 6.07) is 11.0. The Balaban J connectivity index is 2.23. The quantitative estimate of drug-likeness (QED) is 0.824. The highest BCUT2D eigenvalue weighted by atomic mass is 14.9. The normalized spacial score (nSPS) is 11.1.